The molecule has 0 fully saturated rings. The highest BCUT2D eigenvalue weighted by molar-refractivity contribution is 7.13. The number of thiazole rings is 1. The van der Waals surface area contributed by atoms with Gasteiger partial charge in [0.05, 0.1) is 17.4 Å². The third kappa shape index (κ3) is 4.87. The van der Waals surface area contributed by atoms with Crippen LogP contribution in [-0.4, -0.2) is 26.6 Å². The molecule has 2 aromatic carbocycles. The van der Waals surface area contributed by atoms with E-state index in [-0.39, 0.29) is 11.8 Å². The molecule has 2 N–H and O–H groups in total. The number of aryl methyl sites for hydroxylation is 2. The van der Waals surface area contributed by atoms with Crippen LogP contribution in [0.15, 0.2) is 66.3 Å². The van der Waals surface area contributed by atoms with Crippen molar-refractivity contribution in [2.24, 2.45) is 7.05 Å². The Labute approximate surface area is 183 Å². The summed E-state index contributed by atoms with van der Waals surface area (Å²) in [6.07, 6.45) is 3.54. The van der Waals surface area contributed by atoms with Crippen molar-refractivity contribution in [3.8, 4) is 10.6 Å². The molecule has 0 aliphatic carbocycles. The summed E-state index contributed by atoms with van der Waals surface area (Å²) in [6.45, 7) is 2.42. The number of para-hydroxylation sites is 1. The summed E-state index contributed by atoms with van der Waals surface area (Å²) in [5.74, 6) is -0.629. The third-order valence-corrected chi connectivity index (χ3v) is 5.57. The van der Waals surface area contributed by atoms with E-state index >= 15 is 0 Å². The second kappa shape index (κ2) is 8.93. The maximum atomic E-state index is 12.7. The summed E-state index contributed by atoms with van der Waals surface area (Å²) in [6, 6.07) is 14.9. The Kier molecular flexibility index (Phi) is 5.90. The molecule has 0 saturated heterocycles. The van der Waals surface area contributed by atoms with Crippen LogP contribution in [0.3, 0.4) is 0 Å². The van der Waals surface area contributed by atoms with Crippen LogP contribution < -0.4 is 10.6 Å². The minimum atomic E-state index is -0.370. The highest BCUT2D eigenvalue weighted by atomic mass is 32.1. The first kappa shape index (κ1) is 20.5. The number of nitrogens with one attached hydrogen (secondary N) is 2. The molecule has 0 unspecified atom stereocenters. The Morgan fingerprint density at radius 3 is 2.58 bits per heavy atom. The predicted molar refractivity (Wildman–Crippen MR) is 121 cm³/mol. The maximum absolute atomic E-state index is 12.7. The van der Waals surface area contributed by atoms with Crippen molar-refractivity contribution in [3.05, 3.63) is 88.7 Å². The standard InChI is InChI=1S/C23H21N5O2S/c1-15-7-9-16(10-8-15)11-24-21(29)18-5-3-4-6-19(18)26-22(30)20-14-31-23(27-20)17-12-25-28(2)13-17/h3-10,12-14H,11H2,1-2H3,(H,24,29)(H,26,30). The van der Waals surface area contributed by atoms with E-state index in [0.717, 1.165) is 16.7 Å². The first-order valence-corrected chi connectivity index (χ1v) is 10.6. The highest BCUT2D eigenvalue weighted by Gasteiger charge is 2.17. The maximum Gasteiger partial charge on any atom is 0.275 e. The molecule has 4 aromatic rings. The molecule has 31 heavy (non-hydrogen) atoms. The average Bonchev–Trinajstić information content (AvgIpc) is 3.43. The summed E-state index contributed by atoms with van der Waals surface area (Å²) >= 11 is 1.37. The molecule has 0 spiro atoms. The van der Waals surface area contributed by atoms with Gasteiger partial charge in [0.1, 0.15) is 10.7 Å². The minimum Gasteiger partial charge on any atom is -0.348 e. The van der Waals surface area contributed by atoms with Crippen molar-refractivity contribution >= 4 is 28.8 Å². The fraction of sp³-hybridized carbons (Fsp3) is 0.130. The van der Waals surface area contributed by atoms with Gasteiger partial charge in [0, 0.05) is 30.7 Å². The van der Waals surface area contributed by atoms with E-state index in [1.165, 1.54) is 11.3 Å². The summed E-state index contributed by atoms with van der Waals surface area (Å²) in [5.41, 5.74) is 4.14. The Morgan fingerprint density at radius 1 is 1.06 bits per heavy atom. The van der Waals surface area contributed by atoms with Crippen molar-refractivity contribution < 1.29 is 9.59 Å². The summed E-state index contributed by atoms with van der Waals surface area (Å²) < 4.78 is 1.68. The van der Waals surface area contributed by atoms with Crippen LogP contribution in [-0.2, 0) is 13.6 Å². The van der Waals surface area contributed by atoms with Crippen molar-refractivity contribution in [2.45, 2.75) is 13.5 Å². The van der Waals surface area contributed by atoms with Crippen LogP contribution in [0.1, 0.15) is 32.0 Å². The molecule has 2 heterocycles. The first-order chi connectivity index (χ1) is 15.0. The number of anilines is 1. The fourth-order valence-corrected chi connectivity index (χ4v) is 3.78. The van der Waals surface area contributed by atoms with Crippen LogP contribution in [0.4, 0.5) is 5.69 Å². The summed E-state index contributed by atoms with van der Waals surface area (Å²) in [5, 5.41) is 12.2. The number of carbonyl (C=O) groups is 2. The zero-order valence-electron chi connectivity index (χ0n) is 17.1. The SMILES string of the molecule is Cc1ccc(CNC(=O)c2ccccc2NC(=O)c2csc(-c3cnn(C)c3)n2)cc1. The second-order valence-electron chi connectivity index (χ2n) is 7.11. The molecular weight excluding hydrogens is 410 g/mol. The average molecular weight is 432 g/mol. The molecule has 0 bridgehead atoms. The number of carbonyl (C=O) groups excluding carboxylic acids is 2. The molecule has 0 atom stereocenters. The number of hydrogen-bond acceptors (Lipinski definition) is 5. The fourth-order valence-electron chi connectivity index (χ4n) is 3.00. The number of nitrogens with zero attached hydrogens (tertiary/aromatic N) is 3. The van der Waals surface area contributed by atoms with Crippen molar-refractivity contribution in [3.63, 3.8) is 0 Å². The Hall–Kier alpha value is -3.78. The number of rotatable bonds is 6. The van der Waals surface area contributed by atoms with Gasteiger partial charge >= 0.3 is 0 Å². The second-order valence-corrected chi connectivity index (χ2v) is 7.97. The predicted octanol–water partition coefficient (Wildman–Crippen LogP) is 4.03. The van der Waals surface area contributed by atoms with E-state index in [9.17, 15) is 9.59 Å². The molecule has 0 aliphatic rings. The molecule has 0 aliphatic heterocycles. The number of benzene rings is 2. The largest absolute Gasteiger partial charge is 0.348 e. The smallest absolute Gasteiger partial charge is 0.275 e. The number of hydrogen-bond donors (Lipinski definition) is 2. The van der Waals surface area contributed by atoms with Gasteiger partial charge in [-0.3, -0.25) is 14.3 Å². The highest BCUT2D eigenvalue weighted by Crippen LogP contribution is 2.24. The van der Waals surface area contributed by atoms with Gasteiger partial charge < -0.3 is 10.6 Å². The molecule has 7 nitrogen and oxygen atoms in total. The van der Waals surface area contributed by atoms with Crippen molar-refractivity contribution in [2.75, 3.05) is 5.32 Å². The lowest BCUT2D eigenvalue weighted by Crippen LogP contribution is -2.25. The Morgan fingerprint density at radius 2 is 1.84 bits per heavy atom. The van der Waals surface area contributed by atoms with Crippen LogP contribution in [0.5, 0.6) is 0 Å². The summed E-state index contributed by atoms with van der Waals surface area (Å²) in [7, 11) is 1.82. The molecule has 2 amide bonds. The molecule has 156 valence electrons. The van der Waals surface area contributed by atoms with Gasteiger partial charge in [0.2, 0.25) is 0 Å². The van der Waals surface area contributed by atoms with Crippen molar-refractivity contribution in [1.82, 2.24) is 20.1 Å². The van der Waals surface area contributed by atoms with Gasteiger partial charge in [-0.1, -0.05) is 42.0 Å². The monoisotopic (exact) mass is 431 g/mol. The quantitative estimate of drug-likeness (QED) is 0.482. The van der Waals surface area contributed by atoms with Gasteiger partial charge in [-0.05, 0) is 24.6 Å². The van der Waals surface area contributed by atoms with Crippen LogP contribution in [0.25, 0.3) is 10.6 Å². The van der Waals surface area contributed by atoms with Crippen molar-refractivity contribution in [1.29, 1.82) is 0 Å². The lowest BCUT2D eigenvalue weighted by Gasteiger charge is -2.11. The summed E-state index contributed by atoms with van der Waals surface area (Å²) in [4.78, 5) is 29.9. The topological polar surface area (TPSA) is 88.9 Å². The van der Waals surface area contributed by atoms with Gasteiger partial charge in [-0.25, -0.2) is 4.98 Å². The zero-order chi connectivity index (χ0) is 21.8. The van der Waals surface area contributed by atoms with E-state index in [4.69, 9.17) is 0 Å². The van der Waals surface area contributed by atoms with E-state index in [1.54, 1.807) is 40.5 Å². The van der Waals surface area contributed by atoms with Crippen LogP contribution in [0.2, 0.25) is 0 Å². The van der Waals surface area contributed by atoms with Gasteiger partial charge in [-0.15, -0.1) is 11.3 Å². The molecule has 8 heteroatoms. The lowest BCUT2D eigenvalue weighted by atomic mass is 10.1. The van der Waals surface area contributed by atoms with Crippen LogP contribution >= 0.6 is 11.3 Å². The van der Waals surface area contributed by atoms with Gasteiger partial charge in [0.25, 0.3) is 11.8 Å². The van der Waals surface area contributed by atoms with Gasteiger partial charge in [-0.2, -0.15) is 5.10 Å². The van der Waals surface area contributed by atoms with E-state index in [2.05, 4.69) is 20.7 Å². The molecule has 0 radical (unpaired) electrons. The van der Waals surface area contributed by atoms with Crippen LogP contribution in [0, 0.1) is 6.92 Å². The molecular formula is C23H21N5O2S. The van der Waals surface area contributed by atoms with E-state index < -0.39 is 0 Å². The van der Waals surface area contributed by atoms with Gasteiger partial charge in [0.15, 0.2) is 0 Å². The molecule has 0 saturated carbocycles. The molecule has 2 aromatic heterocycles. The zero-order valence-corrected chi connectivity index (χ0v) is 17.9. The lowest BCUT2D eigenvalue weighted by molar-refractivity contribution is 0.0952. The van der Waals surface area contributed by atoms with E-state index in [1.807, 2.05) is 44.4 Å². The Balaban J connectivity index is 1.45. The minimum absolute atomic E-state index is 0.259. The Bertz CT molecular complexity index is 1230. The van der Waals surface area contributed by atoms with E-state index in [0.29, 0.717) is 28.5 Å². The molecule has 4 rings (SSSR count). The number of aromatic nitrogens is 3. The third-order valence-electron chi connectivity index (χ3n) is 4.68. The first-order valence-electron chi connectivity index (χ1n) is 9.68. The number of amides is 2. The normalized spacial score (nSPS) is 10.6.